The first-order valence-electron chi connectivity index (χ1n) is 7.25. The SMILES string of the molecule is COc1ccccc1-c1ccc(N2CCC(N)CC2)nn1. The molecule has 1 saturated heterocycles. The Labute approximate surface area is 124 Å². The van der Waals surface area contributed by atoms with Gasteiger partial charge < -0.3 is 15.4 Å². The standard InChI is InChI=1S/C16H20N4O/c1-21-15-5-3-2-4-13(15)14-6-7-16(19-18-14)20-10-8-12(17)9-11-20/h2-7,12H,8-11,17H2,1H3. The third-order valence-corrected chi connectivity index (χ3v) is 3.90. The summed E-state index contributed by atoms with van der Waals surface area (Å²) in [5.41, 5.74) is 7.71. The van der Waals surface area contributed by atoms with Crippen LogP contribution in [0.2, 0.25) is 0 Å². The molecule has 110 valence electrons. The number of anilines is 1. The van der Waals surface area contributed by atoms with Gasteiger partial charge in [0.1, 0.15) is 5.75 Å². The van der Waals surface area contributed by atoms with Gasteiger partial charge in [-0.25, -0.2) is 0 Å². The average Bonchev–Trinajstić information content (AvgIpc) is 2.56. The minimum absolute atomic E-state index is 0.321. The molecule has 0 radical (unpaired) electrons. The minimum Gasteiger partial charge on any atom is -0.496 e. The molecule has 0 saturated carbocycles. The van der Waals surface area contributed by atoms with Crippen molar-refractivity contribution in [3.05, 3.63) is 36.4 Å². The Balaban J connectivity index is 1.81. The highest BCUT2D eigenvalue weighted by Gasteiger charge is 2.17. The molecular weight excluding hydrogens is 264 g/mol. The number of methoxy groups -OCH3 is 1. The van der Waals surface area contributed by atoms with Crippen LogP contribution in [-0.2, 0) is 0 Å². The molecule has 1 fully saturated rings. The van der Waals surface area contributed by atoms with E-state index in [4.69, 9.17) is 10.5 Å². The Morgan fingerprint density at radius 2 is 1.86 bits per heavy atom. The second-order valence-electron chi connectivity index (χ2n) is 5.30. The summed E-state index contributed by atoms with van der Waals surface area (Å²) < 4.78 is 5.37. The zero-order chi connectivity index (χ0) is 14.7. The van der Waals surface area contributed by atoms with Gasteiger partial charge in [-0.3, -0.25) is 0 Å². The van der Waals surface area contributed by atoms with Crippen molar-refractivity contribution in [3.63, 3.8) is 0 Å². The number of piperidine rings is 1. The first-order valence-corrected chi connectivity index (χ1v) is 7.25. The molecule has 2 N–H and O–H groups in total. The number of hydrogen-bond donors (Lipinski definition) is 1. The van der Waals surface area contributed by atoms with Crippen LogP contribution in [0.3, 0.4) is 0 Å². The first-order chi connectivity index (χ1) is 10.3. The molecule has 1 aromatic heterocycles. The van der Waals surface area contributed by atoms with Crippen molar-refractivity contribution in [1.82, 2.24) is 10.2 Å². The lowest BCUT2D eigenvalue weighted by molar-refractivity contribution is 0.416. The van der Waals surface area contributed by atoms with E-state index in [1.807, 2.05) is 36.4 Å². The normalized spacial score (nSPS) is 16.0. The van der Waals surface area contributed by atoms with E-state index < -0.39 is 0 Å². The zero-order valence-corrected chi connectivity index (χ0v) is 12.2. The maximum Gasteiger partial charge on any atom is 0.151 e. The molecular formula is C16H20N4O. The number of nitrogens with zero attached hydrogens (tertiary/aromatic N) is 3. The van der Waals surface area contributed by atoms with Gasteiger partial charge in [0, 0.05) is 24.7 Å². The van der Waals surface area contributed by atoms with Crippen molar-refractivity contribution < 1.29 is 4.74 Å². The molecule has 5 nitrogen and oxygen atoms in total. The fourth-order valence-electron chi connectivity index (χ4n) is 2.62. The highest BCUT2D eigenvalue weighted by molar-refractivity contribution is 5.67. The van der Waals surface area contributed by atoms with E-state index in [9.17, 15) is 0 Å². The molecule has 0 bridgehead atoms. The lowest BCUT2D eigenvalue weighted by Crippen LogP contribution is -2.40. The molecule has 0 amide bonds. The molecule has 2 heterocycles. The van der Waals surface area contributed by atoms with Crippen molar-refractivity contribution in [2.24, 2.45) is 5.73 Å². The van der Waals surface area contributed by atoms with Gasteiger partial charge in [0.05, 0.1) is 12.8 Å². The number of hydrogen-bond acceptors (Lipinski definition) is 5. The Kier molecular flexibility index (Phi) is 4.01. The summed E-state index contributed by atoms with van der Waals surface area (Å²) >= 11 is 0. The molecule has 3 rings (SSSR count). The van der Waals surface area contributed by atoms with Gasteiger partial charge in [0.25, 0.3) is 0 Å². The van der Waals surface area contributed by atoms with Crippen LogP contribution in [0.4, 0.5) is 5.82 Å². The third kappa shape index (κ3) is 2.97. The van der Waals surface area contributed by atoms with E-state index in [-0.39, 0.29) is 0 Å². The smallest absolute Gasteiger partial charge is 0.151 e. The predicted octanol–water partition coefficient (Wildman–Crippen LogP) is 2.08. The van der Waals surface area contributed by atoms with E-state index in [0.29, 0.717) is 6.04 Å². The van der Waals surface area contributed by atoms with Crippen LogP contribution in [0.25, 0.3) is 11.3 Å². The van der Waals surface area contributed by atoms with Crippen LogP contribution in [0, 0.1) is 0 Å². The van der Waals surface area contributed by atoms with E-state index in [1.165, 1.54) is 0 Å². The van der Waals surface area contributed by atoms with Crippen molar-refractivity contribution >= 4 is 5.82 Å². The van der Waals surface area contributed by atoms with Crippen LogP contribution in [0.15, 0.2) is 36.4 Å². The quantitative estimate of drug-likeness (QED) is 0.935. The van der Waals surface area contributed by atoms with Gasteiger partial charge in [0.2, 0.25) is 0 Å². The lowest BCUT2D eigenvalue weighted by Gasteiger charge is -2.30. The number of benzene rings is 1. The summed E-state index contributed by atoms with van der Waals surface area (Å²) in [4.78, 5) is 2.24. The van der Waals surface area contributed by atoms with E-state index in [2.05, 4.69) is 15.1 Å². The third-order valence-electron chi connectivity index (χ3n) is 3.90. The maximum atomic E-state index is 5.93. The minimum atomic E-state index is 0.321. The molecule has 0 spiro atoms. The Bertz CT molecular complexity index is 591. The van der Waals surface area contributed by atoms with E-state index in [0.717, 1.165) is 48.8 Å². The Morgan fingerprint density at radius 1 is 1.10 bits per heavy atom. The zero-order valence-electron chi connectivity index (χ0n) is 12.2. The Hall–Kier alpha value is -2.14. The topological polar surface area (TPSA) is 64.3 Å². The summed E-state index contributed by atoms with van der Waals surface area (Å²) in [5.74, 6) is 1.73. The van der Waals surface area contributed by atoms with Gasteiger partial charge in [0.15, 0.2) is 5.82 Å². The Morgan fingerprint density at radius 3 is 2.52 bits per heavy atom. The van der Waals surface area contributed by atoms with Crippen molar-refractivity contribution in [2.75, 3.05) is 25.1 Å². The van der Waals surface area contributed by atoms with Gasteiger partial charge in [-0.15, -0.1) is 10.2 Å². The predicted molar refractivity (Wildman–Crippen MR) is 83.4 cm³/mol. The molecule has 1 aliphatic heterocycles. The van der Waals surface area contributed by atoms with E-state index >= 15 is 0 Å². The summed E-state index contributed by atoms with van der Waals surface area (Å²) in [5, 5.41) is 8.71. The molecule has 1 aliphatic rings. The van der Waals surface area contributed by atoms with Crippen LogP contribution >= 0.6 is 0 Å². The second kappa shape index (κ2) is 6.10. The molecule has 0 unspecified atom stereocenters. The summed E-state index contributed by atoms with van der Waals surface area (Å²) in [7, 11) is 1.66. The monoisotopic (exact) mass is 284 g/mol. The molecule has 0 atom stereocenters. The van der Waals surface area contributed by atoms with Crippen LogP contribution < -0.4 is 15.4 Å². The fraction of sp³-hybridized carbons (Fsp3) is 0.375. The van der Waals surface area contributed by atoms with Gasteiger partial charge >= 0.3 is 0 Å². The van der Waals surface area contributed by atoms with E-state index in [1.54, 1.807) is 7.11 Å². The summed E-state index contributed by atoms with van der Waals surface area (Å²) in [6.07, 6.45) is 2.02. The largest absolute Gasteiger partial charge is 0.496 e. The number of nitrogens with two attached hydrogens (primary N) is 1. The number of aromatic nitrogens is 2. The van der Waals surface area contributed by atoms with Crippen molar-refractivity contribution in [2.45, 2.75) is 18.9 Å². The molecule has 1 aromatic carbocycles. The van der Waals surface area contributed by atoms with Crippen molar-refractivity contribution in [1.29, 1.82) is 0 Å². The molecule has 5 heteroatoms. The molecule has 0 aliphatic carbocycles. The fourth-order valence-corrected chi connectivity index (χ4v) is 2.62. The van der Waals surface area contributed by atoms with Crippen LogP contribution in [0.1, 0.15) is 12.8 Å². The number of ether oxygens (including phenoxy) is 1. The molecule has 21 heavy (non-hydrogen) atoms. The number of para-hydroxylation sites is 1. The van der Waals surface area contributed by atoms with Crippen LogP contribution in [0.5, 0.6) is 5.75 Å². The summed E-state index contributed by atoms with van der Waals surface area (Å²) in [6, 6.07) is 12.2. The number of rotatable bonds is 3. The van der Waals surface area contributed by atoms with Gasteiger partial charge in [-0.2, -0.15) is 0 Å². The maximum absolute atomic E-state index is 5.93. The first kappa shape index (κ1) is 13.8. The summed E-state index contributed by atoms with van der Waals surface area (Å²) in [6.45, 7) is 1.90. The highest BCUT2D eigenvalue weighted by atomic mass is 16.5. The van der Waals surface area contributed by atoms with Crippen molar-refractivity contribution in [3.8, 4) is 17.0 Å². The second-order valence-corrected chi connectivity index (χ2v) is 5.30. The lowest BCUT2D eigenvalue weighted by atomic mass is 10.1. The highest BCUT2D eigenvalue weighted by Crippen LogP contribution is 2.28. The van der Waals surface area contributed by atoms with Gasteiger partial charge in [-0.05, 0) is 37.1 Å². The van der Waals surface area contributed by atoms with Crippen LogP contribution in [-0.4, -0.2) is 36.4 Å². The van der Waals surface area contributed by atoms with Gasteiger partial charge in [-0.1, -0.05) is 12.1 Å². The average molecular weight is 284 g/mol. The molecule has 2 aromatic rings.